The molecule has 222 valence electrons. The smallest absolute Gasteiger partial charge is 0.373 e. The minimum atomic E-state index is -4.13. The number of hydrogen-bond donors (Lipinski definition) is 1. The number of nitrogens with one attached hydrogen (secondary N) is 1. The molecule has 0 amide bonds. The molecule has 0 heterocycles. The van der Waals surface area contributed by atoms with Crippen LogP contribution in [0.3, 0.4) is 0 Å². The van der Waals surface area contributed by atoms with E-state index in [1.165, 1.54) is 10.6 Å². The molecule has 0 aliphatic rings. The van der Waals surface area contributed by atoms with E-state index in [1.54, 1.807) is 0 Å². The second kappa shape index (κ2) is 17.2. The molecule has 0 spiro atoms. The summed E-state index contributed by atoms with van der Waals surface area (Å²) in [6.07, 6.45) is 4.51. The zero-order valence-electron chi connectivity index (χ0n) is 25.1. The van der Waals surface area contributed by atoms with Crippen LogP contribution in [-0.2, 0) is 13.3 Å². The Morgan fingerprint density at radius 2 is 1.05 bits per heavy atom. The summed E-state index contributed by atoms with van der Waals surface area (Å²) in [6.45, 7) is 5.98. The second-order valence-electron chi connectivity index (χ2n) is 10.5. The maximum absolute atomic E-state index is 15.5. The Morgan fingerprint density at radius 1 is 0.667 bits per heavy atom. The molecule has 0 saturated heterocycles. The summed E-state index contributed by atoms with van der Waals surface area (Å²) >= 11 is 0. The average Bonchev–Trinajstić information content (AvgIpc) is 2.95. The van der Waals surface area contributed by atoms with Crippen LogP contribution in [0.25, 0.3) is 0 Å². The van der Waals surface area contributed by atoms with Gasteiger partial charge in [0.05, 0.1) is 19.3 Å². The van der Waals surface area contributed by atoms with Gasteiger partial charge in [0.2, 0.25) is 0 Å². The number of unbranched alkanes of at least 4 members (excludes halogenated alkanes) is 3. The van der Waals surface area contributed by atoms with E-state index < -0.39 is 48.9 Å². The lowest BCUT2D eigenvalue weighted by Crippen LogP contribution is -3.00. The third-order valence-corrected chi connectivity index (χ3v) is 10.4. The van der Waals surface area contributed by atoms with Crippen LogP contribution in [-0.4, -0.2) is 50.4 Å². The largest absolute Gasteiger partial charge is 0.542 e. The van der Waals surface area contributed by atoms with Gasteiger partial charge in [0, 0.05) is 27.5 Å². The second-order valence-corrected chi connectivity index (χ2v) is 13.3. The van der Waals surface area contributed by atoms with E-state index in [2.05, 4.69) is 38.4 Å². The van der Waals surface area contributed by atoms with Crippen molar-refractivity contribution in [3.8, 4) is 0 Å². The van der Waals surface area contributed by atoms with Crippen LogP contribution >= 0.6 is 0 Å². The Bertz CT molecular complexity index is 935. The Morgan fingerprint density at radius 3 is 1.33 bits per heavy atom. The molecule has 0 aliphatic carbocycles. The molecule has 1 N–H and O–H groups in total. The van der Waals surface area contributed by atoms with Crippen LogP contribution in [0.1, 0.15) is 59.3 Å². The van der Waals surface area contributed by atoms with Gasteiger partial charge >= 0.3 is 8.80 Å². The maximum Gasteiger partial charge on any atom is 0.542 e. The fourth-order valence-corrected chi connectivity index (χ4v) is 7.30. The molecule has 2 aromatic carbocycles. The predicted molar refractivity (Wildman–Crippen MR) is 156 cm³/mol. The molecule has 4 nitrogen and oxygen atoms in total. The first-order chi connectivity index (χ1) is 18.6. The lowest BCUT2D eigenvalue weighted by atomic mass is 9.16. The van der Waals surface area contributed by atoms with Gasteiger partial charge in [0.15, 0.2) is 11.6 Å². The molecule has 39 heavy (non-hydrogen) atoms. The van der Waals surface area contributed by atoms with Crippen LogP contribution in [0.15, 0.2) is 30.3 Å². The Hall–Kier alpha value is -1.72. The van der Waals surface area contributed by atoms with Crippen LogP contribution in [0, 0.1) is 23.3 Å². The summed E-state index contributed by atoms with van der Waals surface area (Å²) in [4.78, 5) is 1.37. The monoisotopic (exact) mass is 573 g/mol. The summed E-state index contributed by atoms with van der Waals surface area (Å²) in [5.41, 5.74) is 0.910. The summed E-state index contributed by atoms with van der Waals surface area (Å²) in [6, 6.07) is 10.4. The van der Waals surface area contributed by atoms with Crippen LogP contribution in [0.2, 0.25) is 19.0 Å². The predicted octanol–water partition coefficient (Wildman–Crippen LogP) is 5.85. The minimum absolute atomic E-state index is 0.421. The molecular weight excluding hydrogens is 525 g/mol. The van der Waals surface area contributed by atoms with E-state index >= 15 is 17.6 Å². The van der Waals surface area contributed by atoms with Gasteiger partial charge in [-0.1, -0.05) is 77.5 Å². The van der Waals surface area contributed by atoms with Gasteiger partial charge in [-0.2, -0.15) is 19.0 Å². The van der Waals surface area contributed by atoms with Gasteiger partial charge in [-0.15, -0.1) is 5.46 Å². The van der Waals surface area contributed by atoms with Gasteiger partial charge in [0.25, 0.3) is 0 Å². The number of halogens is 4. The van der Waals surface area contributed by atoms with E-state index in [0.29, 0.717) is 19.0 Å². The van der Waals surface area contributed by atoms with Crippen LogP contribution in [0.4, 0.5) is 23.2 Å². The lowest BCUT2D eigenvalue weighted by molar-refractivity contribution is -0.786. The molecule has 0 saturated carbocycles. The van der Waals surface area contributed by atoms with Gasteiger partial charge in [-0.05, 0) is 12.1 Å². The number of benzene rings is 2. The molecule has 0 fully saturated rings. The van der Waals surface area contributed by atoms with Gasteiger partial charge in [-0.3, -0.25) is 0 Å². The minimum Gasteiger partial charge on any atom is -0.373 e. The molecule has 2 aromatic rings. The molecule has 0 atom stereocenters. The van der Waals surface area contributed by atoms with E-state index in [9.17, 15) is 0 Å². The van der Waals surface area contributed by atoms with Crippen molar-refractivity contribution in [2.75, 3.05) is 35.4 Å². The van der Waals surface area contributed by atoms with E-state index in [0.717, 1.165) is 59.9 Å². The zero-order valence-corrected chi connectivity index (χ0v) is 26.1. The highest BCUT2D eigenvalue weighted by Crippen LogP contribution is 2.31. The average molecular weight is 574 g/mol. The number of para-hydroxylation sites is 1. The van der Waals surface area contributed by atoms with Crippen molar-refractivity contribution in [2.24, 2.45) is 0 Å². The standard InChI is InChI=1S/C21H36BF4O3Si.C8H11N/c1-7-10-13-22(14-11-8-2,15-12-9-3)16-17(23)19(25)21(20(26)18(16)24)30(27-4,28-5)29-6;1-9(2)8-6-4-3-5-7-8/h7-15H2,1-6H3;3-7H,1-2H3/q-1;/p+1. The molecule has 10 heteroatoms. The molecule has 0 bridgehead atoms. The summed E-state index contributed by atoms with van der Waals surface area (Å²) in [5.74, 6) is -5.63. The molecule has 0 aromatic heterocycles. The highest BCUT2D eigenvalue weighted by molar-refractivity contribution is 6.92. The van der Waals surface area contributed by atoms with E-state index in [1.807, 2.05) is 26.8 Å². The lowest BCUT2D eigenvalue weighted by Gasteiger charge is -2.42. The topological polar surface area (TPSA) is 32.1 Å². The fourth-order valence-electron chi connectivity index (χ4n) is 5.43. The molecule has 0 aliphatic heterocycles. The van der Waals surface area contributed by atoms with E-state index in [4.69, 9.17) is 13.3 Å². The highest BCUT2D eigenvalue weighted by Gasteiger charge is 2.49. The summed E-state index contributed by atoms with van der Waals surface area (Å²) in [5, 5.41) is -0.917. The fraction of sp³-hybridized carbons (Fsp3) is 0.586. The quantitative estimate of drug-likeness (QED) is 0.165. The molecule has 0 unspecified atom stereocenters. The first kappa shape index (κ1) is 35.3. The van der Waals surface area contributed by atoms with Crippen molar-refractivity contribution in [2.45, 2.75) is 78.3 Å². The Kier molecular flexibility index (Phi) is 15.5. The van der Waals surface area contributed by atoms with Crippen molar-refractivity contribution in [1.29, 1.82) is 0 Å². The summed E-state index contributed by atoms with van der Waals surface area (Å²) in [7, 11) is 3.53. The Labute approximate surface area is 234 Å². The van der Waals surface area contributed by atoms with Gasteiger partial charge in [-0.25, -0.2) is 17.6 Å². The maximum atomic E-state index is 15.5. The van der Waals surface area contributed by atoms with Crippen molar-refractivity contribution >= 4 is 31.3 Å². The number of hydrogen-bond acceptors (Lipinski definition) is 3. The first-order valence-electron chi connectivity index (χ1n) is 14.1. The van der Waals surface area contributed by atoms with Crippen molar-refractivity contribution in [3.63, 3.8) is 0 Å². The van der Waals surface area contributed by atoms with E-state index in [-0.39, 0.29) is 0 Å². The highest BCUT2D eigenvalue weighted by atomic mass is 28.4. The SMILES string of the molecule is CCCC[B-](CCCC)(CCCC)c1c(F)c(F)c([Si](OC)(OC)OC)c(F)c1F.C[NH+](C)c1ccccc1. The normalized spacial score (nSPS) is 12.0. The van der Waals surface area contributed by atoms with Crippen LogP contribution < -0.4 is 15.5 Å². The van der Waals surface area contributed by atoms with Gasteiger partial charge in [0.1, 0.15) is 17.3 Å². The van der Waals surface area contributed by atoms with Crippen LogP contribution in [0.5, 0.6) is 0 Å². The van der Waals surface area contributed by atoms with Crippen molar-refractivity contribution in [1.82, 2.24) is 0 Å². The molecule has 0 radical (unpaired) electrons. The third-order valence-electron chi connectivity index (χ3n) is 7.70. The number of rotatable bonds is 15. The molecular formula is C29H48BF4NO3Si. The third kappa shape index (κ3) is 8.63. The van der Waals surface area contributed by atoms with Gasteiger partial charge < -0.3 is 18.2 Å². The van der Waals surface area contributed by atoms with Crippen molar-refractivity contribution in [3.05, 3.63) is 53.6 Å². The summed E-state index contributed by atoms with van der Waals surface area (Å²) < 4.78 is 76.9. The molecule has 2 rings (SSSR count). The van der Waals surface area contributed by atoms with Crippen molar-refractivity contribution < 1.29 is 35.7 Å². The Balaban J connectivity index is 0.000000708. The number of quaternary nitrogens is 1. The first-order valence-corrected chi connectivity index (χ1v) is 15.9. The zero-order chi connectivity index (χ0) is 29.6.